The maximum Gasteiger partial charge on any atom is 0.326 e. The van der Waals surface area contributed by atoms with Gasteiger partial charge < -0.3 is 115 Å². The van der Waals surface area contributed by atoms with E-state index in [-0.39, 0.29) is 113 Å². The summed E-state index contributed by atoms with van der Waals surface area (Å²) in [4.78, 5) is 189. The van der Waals surface area contributed by atoms with Crippen molar-refractivity contribution in [2.75, 3.05) is 37.7 Å². The van der Waals surface area contributed by atoms with Gasteiger partial charge in [-0.3, -0.25) is 72.7 Å². The minimum absolute atomic E-state index is 0.00318. The maximum absolute atomic E-state index is 15.1. The Hall–Kier alpha value is -8.62. The van der Waals surface area contributed by atoms with E-state index in [1.54, 1.807) is 83.1 Å². The summed E-state index contributed by atoms with van der Waals surface area (Å²) in [6.07, 6.45) is 0.828. The minimum atomic E-state index is -1.63. The summed E-state index contributed by atoms with van der Waals surface area (Å²) in [5.41, 5.74) is 50.6. The van der Waals surface area contributed by atoms with Gasteiger partial charge in [0.05, 0.1) is 6.04 Å². The lowest BCUT2D eigenvalue weighted by atomic mass is 9.94. The Morgan fingerprint density at radius 3 is 1.24 bits per heavy atom. The summed E-state index contributed by atoms with van der Waals surface area (Å²) < 4.78 is 0. The number of nitrogens with zero attached hydrogens (tertiary/aromatic N) is 4. The van der Waals surface area contributed by atoms with E-state index in [0.29, 0.717) is 19.3 Å². The van der Waals surface area contributed by atoms with Gasteiger partial charge in [0.2, 0.25) is 65.0 Å². The zero-order valence-corrected chi connectivity index (χ0v) is 62.7. The topological polar surface area (TPSA) is 641 Å². The molecule has 0 saturated carbocycles. The highest BCUT2D eigenvalue weighted by molar-refractivity contribution is 8.76. The molecule has 0 spiro atoms. The second kappa shape index (κ2) is 47.5. The molecule has 0 aromatic rings. The SMILES string of the molecule is CC[C@H](C)[C@@H]1NC(=O)C(C(C)C)NC(=O)C(C(C)C)NC(=O)[C@H]([C@@H](C)CC)NC(=O)[C@H](CCCN=C(N)N)NC(=O)C(NC(=O)[C@H](CC(C)C)NC(=O)[C@@H](N)CCCN=C(N)N)CSSC[C@@H](C(=O)N[C@@H](CCCN=C(N)N)C(=O)O)NC(=O)C(C(C)C)NC(=O)[C@H](CCCN=C(N)N)NC1=O. The number of rotatable bonds is 32. The van der Waals surface area contributed by atoms with E-state index in [0.717, 1.165) is 21.6 Å². The van der Waals surface area contributed by atoms with Gasteiger partial charge in [-0.2, -0.15) is 0 Å². The van der Waals surface area contributed by atoms with Crippen LogP contribution in [0.2, 0.25) is 0 Å². The van der Waals surface area contributed by atoms with Crippen molar-refractivity contribution >= 4 is 116 Å². The molecule has 580 valence electrons. The third-order valence-corrected chi connectivity index (χ3v) is 18.9. The first-order chi connectivity index (χ1) is 47.8. The first-order valence-electron chi connectivity index (χ1n) is 34.5. The number of aliphatic imine (C=N–C) groups is 4. The van der Waals surface area contributed by atoms with Gasteiger partial charge in [-0.15, -0.1) is 0 Å². The molecule has 0 radical (unpaired) electrons. The monoisotopic (exact) mass is 1480 g/mol. The van der Waals surface area contributed by atoms with E-state index in [4.69, 9.17) is 51.6 Å². The van der Waals surface area contributed by atoms with Crippen LogP contribution in [0.5, 0.6) is 0 Å². The van der Waals surface area contributed by atoms with Crippen molar-refractivity contribution in [1.82, 2.24) is 58.5 Å². The normalized spacial score (nSPS) is 22.8. The van der Waals surface area contributed by atoms with Crippen LogP contribution < -0.4 is 110 Å². The number of hydrogen-bond acceptors (Lipinski definition) is 19. The molecule has 14 atom stereocenters. The van der Waals surface area contributed by atoms with Gasteiger partial charge >= 0.3 is 5.97 Å². The van der Waals surface area contributed by atoms with E-state index in [1.165, 1.54) is 0 Å². The van der Waals surface area contributed by atoms with Gasteiger partial charge in [-0.1, -0.05) is 118 Å². The Labute approximate surface area is 605 Å². The largest absolute Gasteiger partial charge is 0.480 e. The molecule has 0 aliphatic carbocycles. The highest BCUT2D eigenvalue weighted by atomic mass is 33.1. The molecule has 1 fully saturated rings. The van der Waals surface area contributed by atoms with Gasteiger partial charge in [0.1, 0.15) is 66.5 Å². The number of carbonyl (C=O) groups is 12. The van der Waals surface area contributed by atoms with Gasteiger partial charge in [-0.05, 0) is 93.3 Å². The molecule has 11 amide bonds. The standard InChI is InChI=1S/C63H118N24O13S2/c1-13-34(11)46-57(97)78-38(21-17-25-75-62(69)70)49(89)83-43(31(5)6)54(94)82-42(53(93)79-39(59(99)100)22-18-26-76-63(71)72)29-102-101-28-41(81-51(91)40(27-30(3)4)80-48(88)36(64)19-15-23-73-60(65)66)52(92)77-37(20-16-24-74-61(67)68)50(90)86-47(35(12)14-2)58(98)85-44(32(7)8)55(95)84-45(33(9)10)56(96)87-46/h30-47H,13-29,64H2,1-12H3,(H,77,92)(H,78,97)(H,79,93)(H,80,88)(H,81,91)(H,82,94)(H,83,89)(H,84,95)(H,85,98)(H,86,90)(H,87,96)(H,99,100)(H4,65,66,73)(H4,67,68,74)(H4,69,70,75)(H4,71,72,76)/t34-,35-,36-,37-,38-,39-,40-,41?,42-,43?,44?,45?,46-,47-/m0/s1. The Morgan fingerprint density at radius 2 is 0.824 bits per heavy atom. The maximum atomic E-state index is 15.1. The lowest BCUT2D eigenvalue weighted by molar-refractivity contribution is -0.142. The summed E-state index contributed by atoms with van der Waals surface area (Å²) in [7, 11) is 1.76. The summed E-state index contributed by atoms with van der Waals surface area (Å²) in [5, 5.41) is 40.0. The van der Waals surface area contributed by atoms with Crippen molar-refractivity contribution in [3.63, 3.8) is 0 Å². The van der Waals surface area contributed by atoms with Gasteiger partial charge in [0.15, 0.2) is 23.8 Å². The average Bonchev–Trinajstić information content (AvgIpc) is 0.851. The van der Waals surface area contributed by atoms with Gasteiger partial charge in [0, 0.05) is 37.7 Å². The molecule has 1 aliphatic rings. The van der Waals surface area contributed by atoms with Crippen LogP contribution in [0.3, 0.4) is 0 Å². The number of amides is 11. The average molecular weight is 1480 g/mol. The van der Waals surface area contributed by atoms with E-state index in [9.17, 15) is 57.8 Å². The Morgan fingerprint density at radius 1 is 0.461 bits per heavy atom. The summed E-state index contributed by atoms with van der Waals surface area (Å²) >= 11 is 0. The smallest absolute Gasteiger partial charge is 0.326 e. The second-order valence-electron chi connectivity index (χ2n) is 26.7. The number of guanidine groups is 4. The number of carboxylic acids is 1. The van der Waals surface area contributed by atoms with Crippen molar-refractivity contribution in [1.29, 1.82) is 0 Å². The fourth-order valence-electron chi connectivity index (χ4n) is 10.1. The molecular formula is C63H118N24O13S2. The number of nitrogens with one attached hydrogen (secondary N) is 11. The quantitative estimate of drug-likeness (QED) is 0.0131. The van der Waals surface area contributed by atoms with Crippen molar-refractivity contribution in [3.8, 4) is 0 Å². The van der Waals surface area contributed by atoms with E-state index >= 15 is 4.79 Å². The molecule has 0 bridgehead atoms. The molecule has 4 unspecified atom stereocenters. The number of aliphatic carboxylic acids is 1. The first kappa shape index (κ1) is 91.4. The molecule has 0 aromatic heterocycles. The van der Waals surface area contributed by atoms with Crippen LogP contribution in [0, 0.1) is 35.5 Å². The van der Waals surface area contributed by atoms with Crippen LogP contribution in [0.4, 0.5) is 0 Å². The minimum Gasteiger partial charge on any atom is -0.480 e. The number of nitrogens with two attached hydrogens (primary N) is 9. The molecular weight excluding hydrogens is 1360 g/mol. The van der Waals surface area contributed by atoms with E-state index in [1.807, 2.05) is 0 Å². The predicted molar refractivity (Wildman–Crippen MR) is 394 cm³/mol. The lowest BCUT2D eigenvalue weighted by Gasteiger charge is -2.32. The van der Waals surface area contributed by atoms with Crippen LogP contribution in [0.1, 0.15) is 154 Å². The second-order valence-corrected chi connectivity index (χ2v) is 29.3. The zero-order valence-electron chi connectivity index (χ0n) is 61.1. The lowest BCUT2D eigenvalue weighted by Crippen LogP contribution is -2.63. The highest BCUT2D eigenvalue weighted by Gasteiger charge is 2.40. The van der Waals surface area contributed by atoms with Crippen LogP contribution in [-0.2, 0) is 57.5 Å². The van der Waals surface area contributed by atoms with Crippen molar-refractivity contribution < 1.29 is 62.6 Å². The Kier molecular flexibility index (Phi) is 42.6. The fraction of sp³-hybridized carbons (Fsp3) is 0.746. The predicted octanol–water partition coefficient (Wildman–Crippen LogP) is -4.55. The van der Waals surface area contributed by atoms with Gasteiger partial charge in [-0.25, -0.2) is 4.79 Å². The van der Waals surface area contributed by atoms with Gasteiger partial charge in [0.25, 0.3) is 0 Å². The van der Waals surface area contributed by atoms with Crippen LogP contribution in [-0.4, -0.2) is 210 Å². The van der Waals surface area contributed by atoms with E-state index < -0.39 is 179 Å². The Balaban J connectivity index is 4.50. The van der Waals surface area contributed by atoms with Crippen molar-refractivity contribution in [2.24, 2.45) is 107 Å². The third kappa shape index (κ3) is 34.8. The Bertz CT molecular complexity index is 2890. The summed E-state index contributed by atoms with van der Waals surface area (Å²) in [6.45, 7) is 20.3. The molecule has 1 saturated heterocycles. The third-order valence-electron chi connectivity index (χ3n) is 16.5. The van der Waals surface area contributed by atoms with Crippen molar-refractivity contribution in [2.45, 2.75) is 226 Å². The molecule has 37 nitrogen and oxygen atoms in total. The zero-order chi connectivity index (χ0) is 77.7. The summed E-state index contributed by atoms with van der Waals surface area (Å²) in [6, 6.07) is -17.0. The van der Waals surface area contributed by atoms with Crippen LogP contribution in [0.25, 0.3) is 0 Å². The van der Waals surface area contributed by atoms with Crippen LogP contribution in [0.15, 0.2) is 20.0 Å². The molecule has 1 rings (SSSR count). The van der Waals surface area contributed by atoms with Crippen molar-refractivity contribution in [3.05, 3.63) is 0 Å². The molecule has 0 aromatic carbocycles. The fourth-order valence-corrected chi connectivity index (χ4v) is 12.4. The molecule has 39 heteroatoms. The number of carboxylic acid groups (broad SMARTS) is 1. The summed E-state index contributed by atoms with van der Waals surface area (Å²) in [5.74, 6) is -16.2. The molecule has 1 aliphatic heterocycles. The van der Waals surface area contributed by atoms with E-state index in [2.05, 4.69) is 78.5 Å². The number of hydrogen-bond donors (Lipinski definition) is 21. The first-order valence-corrected chi connectivity index (χ1v) is 37.0. The number of carbonyl (C=O) groups excluding carboxylic acids is 11. The molecule has 1 heterocycles. The molecule has 102 heavy (non-hydrogen) atoms. The highest BCUT2D eigenvalue weighted by Crippen LogP contribution is 2.25. The molecule has 30 N–H and O–H groups in total. The van der Waals surface area contributed by atoms with Crippen LogP contribution >= 0.6 is 21.6 Å².